The van der Waals surface area contributed by atoms with Gasteiger partial charge in [-0.1, -0.05) is 6.07 Å². The van der Waals surface area contributed by atoms with Gasteiger partial charge in [0.15, 0.2) is 5.96 Å². The third-order valence-electron chi connectivity index (χ3n) is 3.36. The van der Waals surface area contributed by atoms with Crippen molar-refractivity contribution in [1.82, 2.24) is 20.3 Å². The molecule has 2 rings (SSSR count). The van der Waals surface area contributed by atoms with Gasteiger partial charge in [0.05, 0.1) is 6.33 Å². The van der Waals surface area contributed by atoms with Crippen molar-refractivity contribution >= 4 is 43.2 Å². The van der Waals surface area contributed by atoms with Crippen LogP contribution in [0.5, 0.6) is 0 Å². The van der Waals surface area contributed by atoms with E-state index in [9.17, 15) is 0 Å². The van der Waals surface area contributed by atoms with Gasteiger partial charge < -0.3 is 16.0 Å². The van der Waals surface area contributed by atoms with Gasteiger partial charge in [-0.05, 0) is 43.7 Å². The molecule has 2 heterocycles. The molecule has 0 atom stereocenters. The molecule has 4 N–H and O–H groups in total. The first-order valence-electron chi connectivity index (χ1n) is 7.74. The molecular formula is C16H27Cl3N6. The van der Waals surface area contributed by atoms with E-state index >= 15 is 0 Å². The maximum Gasteiger partial charge on any atom is 0.188 e. The summed E-state index contributed by atoms with van der Waals surface area (Å²) in [4.78, 5) is 15.5. The number of aromatic amines is 1. The van der Waals surface area contributed by atoms with Gasteiger partial charge in [-0.15, -0.1) is 37.2 Å². The number of halogens is 3. The molecule has 6 nitrogen and oxygen atoms in total. The summed E-state index contributed by atoms with van der Waals surface area (Å²) in [6, 6.07) is 4.08. The minimum atomic E-state index is 0. The van der Waals surface area contributed by atoms with Crippen LogP contribution in [0.15, 0.2) is 42.0 Å². The molecule has 0 amide bonds. The van der Waals surface area contributed by atoms with Gasteiger partial charge in [0.2, 0.25) is 0 Å². The van der Waals surface area contributed by atoms with Crippen LogP contribution < -0.4 is 11.1 Å². The van der Waals surface area contributed by atoms with Crippen molar-refractivity contribution in [3.05, 3.63) is 48.3 Å². The number of hydrogen-bond acceptors (Lipinski definition) is 3. The number of pyridine rings is 1. The van der Waals surface area contributed by atoms with Gasteiger partial charge >= 0.3 is 0 Å². The van der Waals surface area contributed by atoms with E-state index in [1.54, 1.807) is 12.5 Å². The number of imidazole rings is 1. The lowest BCUT2D eigenvalue weighted by Gasteiger charge is -2.05. The standard InChI is InChI=1S/C16H24N6.3ClH/c17-16(21-10-4-7-15-12-19-13-22-15)20-9-2-1-5-14-6-3-8-18-11-14;;;/h3,6,8,11-13H,1-2,4-5,7,9-10H2,(H,19,22)(H3,17,20,21);3*1H. The number of rotatable bonds is 9. The van der Waals surface area contributed by atoms with Crippen LogP contribution in [0.3, 0.4) is 0 Å². The molecule has 25 heavy (non-hydrogen) atoms. The van der Waals surface area contributed by atoms with Crippen molar-refractivity contribution in [3.63, 3.8) is 0 Å². The molecule has 0 spiro atoms. The Labute approximate surface area is 167 Å². The fourth-order valence-corrected chi connectivity index (χ4v) is 2.16. The van der Waals surface area contributed by atoms with Crippen molar-refractivity contribution in [2.45, 2.75) is 32.1 Å². The molecule has 0 aliphatic heterocycles. The summed E-state index contributed by atoms with van der Waals surface area (Å²) in [5, 5.41) is 3.15. The molecule has 142 valence electrons. The van der Waals surface area contributed by atoms with Crippen LogP contribution >= 0.6 is 37.2 Å². The van der Waals surface area contributed by atoms with Gasteiger partial charge in [-0.25, -0.2) is 4.98 Å². The molecule has 0 aliphatic rings. The minimum Gasteiger partial charge on any atom is -0.370 e. The van der Waals surface area contributed by atoms with Crippen LogP contribution in [-0.4, -0.2) is 34.0 Å². The summed E-state index contributed by atoms with van der Waals surface area (Å²) in [5.41, 5.74) is 8.25. The summed E-state index contributed by atoms with van der Waals surface area (Å²) in [5.74, 6) is 0.533. The third kappa shape index (κ3) is 11.6. The number of unbranched alkanes of at least 4 members (excludes halogenated alkanes) is 1. The molecule has 2 aromatic rings. The second-order valence-electron chi connectivity index (χ2n) is 5.19. The Hall–Kier alpha value is -1.50. The van der Waals surface area contributed by atoms with Gasteiger partial charge in [-0.2, -0.15) is 0 Å². The van der Waals surface area contributed by atoms with Gasteiger partial charge in [0.1, 0.15) is 0 Å². The number of nitrogens with one attached hydrogen (secondary N) is 2. The summed E-state index contributed by atoms with van der Waals surface area (Å²) in [7, 11) is 0. The number of guanidine groups is 1. The molecule has 2 aromatic heterocycles. The van der Waals surface area contributed by atoms with Crippen molar-refractivity contribution < 1.29 is 0 Å². The Balaban J connectivity index is 0. The van der Waals surface area contributed by atoms with E-state index in [1.165, 1.54) is 5.56 Å². The normalized spacial score (nSPS) is 10.2. The highest BCUT2D eigenvalue weighted by molar-refractivity contribution is 5.86. The van der Waals surface area contributed by atoms with Gasteiger partial charge in [0, 0.05) is 37.4 Å². The Morgan fingerprint density at radius 1 is 1.08 bits per heavy atom. The fraction of sp³-hybridized carbons (Fsp3) is 0.438. The Bertz CT molecular complexity index is 548. The van der Waals surface area contributed by atoms with E-state index in [-0.39, 0.29) is 37.2 Å². The first-order valence-corrected chi connectivity index (χ1v) is 7.74. The summed E-state index contributed by atoms with van der Waals surface area (Å²) in [6.45, 7) is 1.59. The number of nitrogens with zero attached hydrogens (tertiary/aromatic N) is 3. The van der Waals surface area contributed by atoms with Crippen LogP contribution in [0.4, 0.5) is 0 Å². The zero-order chi connectivity index (χ0) is 15.5. The van der Waals surface area contributed by atoms with E-state index < -0.39 is 0 Å². The van der Waals surface area contributed by atoms with Crippen LogP contribution in [0.2, 0.25) is 0 Å². The molecule has 0 saturated heterocycles. The van der Waals surface area contributed by atoms with E-state index in [4.69, 9.17) is 5.73 Å². The first-order chi connectivity index (χ1) is 10.8. The molecule has 9 heteroatoms. The highest BCUT2D eigenvalue weighted by atomic mass is 35.5. The summed E-state index contributed by atoms with van der Waals surface area (Å²) < 4.78 is 0. The minimum absolute atomic E-state index is 0. The molecular weight excluding hydrogens is 383 g/mol. The number of aliphatic imine (C=N–C) groups is 1. The average molecular weight is 410 g/mol. The van der Waals surface area contributed by atoms with Crippen molar-refractivity contribution in [1.29, 1.82) is 0 Å². The van der Waals surface area contributed by atoms with Crippen LogP contribution in [0.1, 0.15) is 30.5 Å². The fourth-order valence-electron chi connectivity index (χ4n) is 2.16. The molecule has 0 aromatic carbocycles. The Morgan fingerprint density at radius 2 is 1.92 bits per heavy atom. The predicted octanol–water partition coefficient (Wildman–Crippen LogP) is 2.93. The quantitative estimate of drug-likeness (QED) is 0.337. The van der Waals surface area contributed by atoms with E-state index in [1.807, 2.05) is 18.5 Å². The average Bonchev–Trinajstić information content (AvgIpc) is 3.06. The molecule has 0 fully saturated rings. The zero-order valence-corrected chi connectivity index (χ0v) is 16.5. The topological polar surface area (TPSA) is 92.0 Å². The number of aryl methyl sites for hydroxylation is 2. The number of nitrogens with two attached hydrogens (primary N) is 1. The lowest BCUT2D eigenvalue weighted by molar-refractivity contribution is 0.702. The molecule has 0 aliphatic carbocycles. The molecule has 0 radical (unpaired) electrons. The lowest BCUT2D eigenvalue weighted by Crippen LogP contribution is -2.32. The SMILES string of the molecule is Cl.Cl.Cl.NC(=NCCCc1cnc[nH]1)NCCCCc1cccnc1. The van der Waals surface area contributed by atoms with Crippen molar-refractivity contribution in [2.24, 2.45) is 10.7 Å². The number of hydrogen-bond donors (Lipinski definition) is 3. The highest BCUT2D eigenvalue weighted by Gasteiger charge is 1.96. The van der Waals surface area contributed by atoms with Crippen molar-refractivity contribution in [2.75, 3.05) is 13.1 Å². The summed E-state index contributed by atoms with van der Waals surface area (Å²) in [6.07, 6.45) is 12.4. The van der Waals surface area contributed by atoms with Gasteiger partial charge in [-0.3, -0.25) is 9.98 Å². The zero-order valence-electron chi connectivity index (χ0n) is 14.1. The Morgan fingerprint density at radius 3 is 2.60 bits per heavy atom. The monoisotopic (exact) mass is 408 g/mol. The second kappa shape index (κ2) is 16.0. The van der Waals surface area contributed by atoms with Gasteiger partial charge in [0.25, 0.3) is 0 Å². The predicted molar refractivity (Wildman–Crippen MR) is 110 cm³/mol. The van der Waals surface area contributed by atoms with Crippen LogP contribution in [-0.2, 0) is 12.8 Å². The largest absolute Gasteiger partial charge is 0.370 e. The first kappa shape index (κ1) is 25.7. The second-order valence-corrected chi connectivity index (χ2v) is 5.19. The Kier molecular flexibility index (Phi) is 16.5. The maximum atomic E-state index is 5.84. The molecule has 0 bridgehead atoms. The number of H-pyrrole nitrogens is 1. The third-order valence-corrected chi connectivity index (χ3v) is 3.36. The van der Waals surface area contributed by atoms with E-state index in [0.29, 0.717) is 5.96 Å². The van der Waals surface area contributed by atoms with E-state index in [2.05, 4.69) is 31.3 Å². The van der Waals surface area contributed by atoms with E-state index in [0.717, 1.165) is 50.9 Å². The molecule has 0 saturated carbocycles. The highest BCUT2D eigenvalue weighted by Crippen LogP contribution is 2.02. The smallest absolute Gasteiger partial charge is 0.188 e. The number of aromatic nitrogens is 3. The van der Waals surface area contributed by atoms with Crippen molar-refractivity contribution in [3.8, 4) is 0 Å². The lowest BCUT2D eigenvalue weighted by atomic mass is 10.1. The van der Waals surface area contributed by atoms with Crippen LogP contribution in [0, 0.1) is 0 Å². The maximum absolute atomic E-state index is 5.84. The van der Waals surface area contributed by atoms with Crippen LogP contribution in [0.25, 0.3) is 0 Å². The molecule has 0 unspecified atom stereocenters. The summed E-state index contributed by atoms with van der Waals surface area (Å²) >= 11 is 0.